The number of aryl methyl sites for hydroxylation is 1. The maximum Gasteiger partial charge on any atom is 0.236 e. The predicted molar refractivity (Wildman–Crippen MR) is 73.3 cm³/mol. The van der Waals surface area contributed by atoms with Crippen LogP contribution < -0.4 is 0 Å². The van der Waals surface area contributed by atoms with Gasteiger partial charge in [0.25, 0.3) is 0 Å². The standard InChI is InChI=1S/C12H18N4OS/c1-5-7-16(8-6-2)11(17)10(3)18-12-14-13-9-15(12)4/h5-6,9-10H,1-2,7-8H2,3-4H3. The SMILES string of the molecule is C=CCN(CC=C)C(=O)C(C)Sc1nncn1C. The minimum Gasteiger partial charge on any atom is -0.334 e. The van der Waals surface area contributed by atoms with Crippen molar-refractivity contribution in [2.45, 2.75) is 17.3 Å². The molecule has 0 saturated carbocycles. The molecule has 98 valence electrons. The number of nitrogens with zero attached hydrogens (tertiary/aromatic N) is 4. The van der Waals surface area contributed by atoms with Crippen molar-refractivity contribution in [2.24, 2.45) is 7.05 Å². The Morgan fingerprint density at radius 2 is 2.17 bits per heavy atom. The third-order valence-electron chi connectivity index (χ3n) is 2.31. The van der Waals surface area contributed by atoms with Gasteiger partial charge in [0.15, 0.2) is 5.16 Å². The van der Waals surface area contributed by atoms with Gasteiger partial charge in [-0.2, -0.15) is 0 Å². The fraction of sp³-hybridized carbons (Fsp3) is 0.417. The highest BCUT2D eigenvalue weighted by Gasteiger charge is 2.21. The number of thioether (sulfide) groups is 1. The average molecular weight is 266 g/mol. The van der Waals surface area contributed by atoms with E-state index in [2.05, 4.69) is 23.4 Å². The zero-order valence-electron chi connectivity index (χ0n) is 10.7. The highest BCUT2D eigenvalue weighted by atomic mass is 32.2. The maximum absolute atomic E-state index is 12.2. The molecular weight excluding hydrogens is 248 g/mol. The summed E-state index contributed by atoms with van der Waals surface area (Å²) in [4.78, 5) is 13.9. The van der Waals surface area contributed by atoms with Crippen LogP contribution in [0.3, 0.4) is 0 Å². The summed E-state index contributed by atoms with van der Waals surface area (Å²) < 4.78 is 1.79. The van der Waals surface area contributed by atoms with E-state index in [9.17, 15) is 4.79 Å². The van der Waals surface area contributed by atoms with Crippen molar-refractivity contribution < 1.29 is 4.79 Å². The first-order valence-corrected chi connectivity index (χ1v) is 6.49. The molecule has 0 aliphatic heterocycles. The Kier molecular flexibility index (Phi) is 5.64. The molecule has 1 heterocycles. The zero-order chi connectivity index (χ0) is 13.5. The lowest BCUT2D eigenvalue weighted by atomic mass is 10.3. The smallest absolute Gasteiger partial charge is 0.236 e. The van der Waals surface area contributed by atoms with Crippen molar-refractivity contribution in [1.82, 2.24) is 19.7 Å². The summed E-state index contributed by atoms with van der Waals surface area (Å²) in [5, 5.41) is 8.26. The monoisotopic (exact) mass is 266 g/mol. The van der Waals surface area contributed by atoms with Gasteiger partial charge in [-0.15, -0.1) is 23.4 Å². The van der Waals surface area contributed by atoms with E-state index in [0.717, 1.165) is 5.16 Å². The molecule has 1 amide bonds. The van der Waals surface area contributed by atoms with Gasteiger partial charge in [-0.3, -0.25) is 4.79 Å². The lowest BCUT2D eigenvalue weighted by Crippen LogP contribution is -2.36. The molecule has 0 N–H and O–H groups in total. The van der Waals surface area contributed by atoms with E-state index >= 15 is 0 Å². The minimum absolute atomic E-state index is 0.0443. The maximum atomic E-state index is 12.2. The normalized spacial score (nSPS) is 11.9. The van der Waals surface area contributed by atoms with Gasteiger partial charge in [-0.1, -0.05) is 23.9 Å². The zero-order valence-corrected chi connectivity index (χ0v) is 11.6. The van der Waals surface area contributed by atoms with Crippen molar-refractivity contribution in [2.75, 3.05) is 13.1 Å². The molecule has 0 fully saturated rings. The molecule has 0 radical (unpaired) electrons. The van der Waals surface area contributed by atoms with Crippen LogP contribution in [0.2, 0.25) is 0 Å². The number of rotatable bonds is 7. The number of hydrogen-bond donors (Lipinski definition) is 0. The topological polar surface area (TPSA) is 51.0 Å². The summed E-state index contributed by atoms with van der Waals surface area (Å²) >= 11 is 1.39. The van der Waals surface area contributed by atoms with Gasteiger partial charge in [0.1, 0.15) is 6.33 Å². The molecule has 0 aliphatic rings. The molecule has 1 rings (SSSR count). The Morgan fingerprint density at radius 1 is 1.56 bits per heavy atom. The van der Waals surface area contributed by atoms with E-state index in [1.807, 2.05) is 14.0 Å². The Hall–Kier alpha value is -1.56. The third-order valence-corrected chi connectivity index (χ3v) is 3.45. The Labute approximate surface area is 112 Å². The van der Waals surface area contributed by atoms with Crippen LogP contribution in [0.4, 0.5) is 0 Å². The number of carbonyl (C=O) groups excluding carboxylic acids is 1. The molecule has 1 aromatic rings. The summed E-state index contributed by atoms with van der Waals surface area (Å²) in [5.41, 5.74) is 0. The molecule has 1 unspecified atom stereocenters. The van der Waals surface area contributed by atoms with Crippen molar-refractivity contribution in [3.63, 3.8) is 0 Å². The van der Waals surface area contributed by atoms with E-state index < -0.39 is 0 Å². The van der Waals surface area contributed by atoms with Crippen LogP contribution in [-0.2, 0) is 11.8 Å². The Balaban J connectivity index is 2.66. The van der Waals surface area contributed by atoms with Crippen molar-refractivity contribution in [1.29, 1.82) is 0 Å². The molecular formula is C12H18N4OS. The first-order valence-electron chi connectivity index (χ1n) is 5.61. The molecule has 0 aliphatic carbocycles. The van der Waals surface area contributed by atoms with Crippen molar-refractivity contribution in [3.05, 3.63) is 31.6 Å². The second-order valence-corrected chi connectivity index (χ2v) is 5.11. The molecule has 1 atom stereocenters. The van der Waals surface area contributed by atoms with E-state index in [4.69, 9.17) is 0 Å². The van der Waals surface area contributed by atoms with Crippen LogP contribution >= 0.6 is 11.8 Å². The summed E-state index contributed by atoms with van der Waals surface area (Å²) in [6, 6.07) is 0. The fourth-order valence-electron chi connectivity index (χ4n) is 1.41. The van der Waals surface area contributed by atoms with Gasteiger partial charge in [0, 0.05) is 20.1 Å². The lowest BCUT2D eigenvalue weighted by Gasteiger charge is -2.22. The molecule has 0 bridgehead atoms. The van der Waals surface area contributed by atoms with Gasteiger partial charge in [0.05, 0.1) is 5.25 Å². The average Bonchev–Trinajstić information content (AvgIpc) is 2.74. The van der Waals surface area contributed by atoms with Gasteiger partial charge in [-0.25, -0.2) is 0 Å². The molecule has 0 aromatic carbocycles. The summed E-state index contributed by atoms with van der Waals surface area (Å²) in [7, 11) is 1.85. The van der Waals surface area contributed by atoms with Crippen LogP contribution in [0.5, 0.6) is 0 Å². The summed E-state index contributed by atoms with van der Waals surface area (Å²) in [6.07, 6.45) is 5.03. The predicted octanol–water partition coefficient (Wildman–Crippen LogP) is 1.50. The van der Waals surface area contributed by atoms with Crippen LogP contribution in [0.1, 0.15) is 6.92 Å². The lowest BCUT2D eigenvalue weighted by molar-refractivity contribution is -0.129. The van der Waals surface area contributed by atoms with E-state index in [0.29, 0.717) is 13.1 Å². The number of aromatic nitrogens is 3. The van der Waals surface area contributed by atoms with Gasteiger partial charge in [-0.05, 0) is 6.92 Å². The summed E-state index contributed by atoms with van der Waals surface area (Å²) in [5.74, 6) is 0.0443. The second-order valence-electron chi connectivity index (χ2n) is 3.81. The first kappa shape index (κ1) is 14.5. The molecule has 1 aromatic heterocycles. The largest absolute Gasteiger partial charge is 0.334 e. The third kappa shape index (κ3) is 3.73. The Morgan fingerprint density at radius 3 is 2.61 bits per heavy atom. The highest BCUT2D eigenvalue weighted by molar-refractivity contribution is 8.00. The summed E-state index contributed by atoms with van der Waals surface area (Å²) in [6.45, 7) is 10.2. The first-order chi connectivity index (χ1) is 8.60. The van der Waals surface area contributed by atoms with Crippen LogP contribution in [0.15, 0.2) is 36.8 Å². The van der Waals surface area contributed by atoms with Crippen LogP contribution in [-0.4, -0.2) is 43.9 Å². The number of hydrogen-bond acceptors (Lipinski definition) is 4. The number of amides is 1. The fourth-order valence-corrected chi connectivity index (χ4v) is 2.28. The molecule has 0 saturated heterocycles. The molecule has 18 heavy (non-hydrogen) atoms. The minimum atomic E-state index is -0.215. The molecule has 6 heteroatoms. The Bertz CT molecular complexity index is 419. The quantitative estimate of drug-likeness (QED) is 0.554. The number of carbonyl (C=O) groups is 1. The highest BCUT2D eigenvalue weighted by Crippen LogP contribution is 2.21. The second kappa shape index (κ2) is 7.00. The van der Waals surface area contributed by atoms with Gasteiger partial charge >= 0.3 is 0 Å². The van der Waals surface area contributed by atoms with Crippen molar-refractivity contribution in [3.8, 4) is 0 Å². The molecule has 0 spiro atoms. The van der Waals surface area contributed by atoms with Gasteiger partial charge < -0.3 is 9.47 Å². The van der Waals surface area contributed by atoms with E-state index in [-0.39, 0.29) is 11.2 Å². The van der Waals surface area contributed by atoms with Crippen LogP contribution in [0, 0.1) is 0 Å². The van der Waals surface area contributed by atoms with Crippen molar-refractivity contribution >= 4 is 17.7 Å². The molecule has 5 nitrogen and oxygen atoms in total. The van der Waals surface area contributed by atoms with E-state index in [1.54, 1.807) is 27.9 Å². The van der Waals surface area contributed by atoms with Crippen LogP contribution in [0.25, 0.3) is 0 Å². The van der Waals surface area contributed by atoms with E-state index in [1.165, 1.54) is 11.8 Å². The van der Waals surface area contributed by atoms with Gasteiger partial charge in [0.2, 0.25) is 5.91 Å².